The summed E-state index contributed by atoms with van der Waals surface area (Å²) in [5.41, 5.74) is 0.847. The van der Waals surface area contributed by atoms with Crippen LogP contribution in [-0.4, -0.2) is 11.8 Å². The molecule has 0 N–H and O–H groups in total. The van der Waals surface area contributed by atoms with E-state index in [9.17, 15) is 4.79 Å². The average Bonchev–Trinajstić information content (AvgIpc) is 2.15. The molecule has 0 radical (unpaired) electrons. The molecule has 0 aliphatic carbocycles. The first-order chi connectivity index (χ1) is 6.63. The van der Waals surface area contributed by atoms with Crippen LogP contribution >= 0.6 is 23.2 Å². The zero-order valence-corrected chi connectivity index (χ0v) is 9.18. The number of hydrogen-bond donors (Lipinski definition) is 0. The fraction of sp³-hybridized carbons (Fsp3) is 0.300. The Morgan fingerprint density at radius 2 is 2.00 bits per heavy atom. The Morgan fingerprint density at radius 3 is 2.43 bits per heavy atom. The van der Waals surface area contributed by atoms with Gasteiger partial charge < -0.3 is 4.74 Å². The number of esters is 1. The van der Waals surface area contributed by atoms with Gasteiger partial charge in [0.15, 0.2) is 0 Å². The Labute approximate surface area is 92.8 Å². The number of benzene rings is 1. The molecule has 0 spiro atoms. The van der Waals surface area contributed by atoms with Crippen LogP contribution in [0.2, 0.25) is 5.02 Å². The predicted octanol–water partition coefficient (Wildman–Crippen LogP) is 3.18. The van der Waals surface area contributed by atoms with Crippen LogP contribution in [0.25, 0.3) is 0 Å². The van der Waals surface area contributed by atoms with Gasteiger partial charge in [-0.1, -0.05) is 23.7 Å². The van der Waals surface area contributed by atoms with E-state index in [1.807, 2.05) is 0 Å². The summed E-state index contributed by atoms with van der Waals surface area (Å²) in [7, 11) is 0. The molecule has 0 aliphatic rings. The number of hydrogen-bond acceptors (Lipinski definition) is 2. The predicted molar refractivity (Wildman–Crippen MR) is 56.7 cm³/mol. The lowest BCUT2D eigenvalue weighted by Crippen LogP contribution is -2.09. The van der Waals surface area contributed by atoms with Gasteiger partial charge in [0.05, 0.1) is 5.88 Å². The minimum atomic E-state index is -0.397. The minimum absolute atomic E-state index is 0.237. The largest absolute Gasteiger partial charge is 0.456 e. The van der Waals surface area contributed by atoms with Crippen LogP contribution in [0, 0.1) is 0 Å². The molecule has 14 heavy (non-hydrogen) atoms. The summed E-state index contributed by atoms with van der Waals surface area (Å²) in [5.74, 6) is -0.105. The van der Waals surface area contributed by atoms with Crippen molar-refractivity contribution in [3.8, 4) is 0 Å². The molecule has 1 aromatic carbocycles. The maximum absolute atomic E-state index is 10.7. The Balaban J connectivity index is 2.78. The van der Waals surface area contributed by atoms with Crippen LogP contribution in [0.3, 0.4) is 0 Å². The van der Waals surface area contributed by atoms with E-state index in [0.29, 0.717) is 5.02 Å². The summed E-state index contributed by atoms with van der Waals surface area (Å²) in [6.45, 7) is 1.36. The number of halogens is 2. The maximum atomic E-state index is 10.7. The van der Waals surface area contributed by atoms with Gasteiger partial charge in [0.2, 0.25) is 0 Å². The molecule has 4 heteroatoms. The standard InChI is InChI=1S/C10H10Cl2O2/c1-7(13)14-10(6-11)8-2-4-9(12)5-3-8/h2-5,10H,6H2,1H3/t10-/m1/s1. The third kappa shape index (κ3) is 3.20. The van der Waals surface area contributed by atoms with Crippen LogP contribution in [-0.2, 0) is 9.53 Å². The van der Waals surface area contributed by atoms with Crippen molar-refractivity contribution >= 4 is 29.2 Å². The number of ether oxygens (including phenoxy) is 1. The summed E-state index contributed by atoms with van der Waals surface area (Å²) in [6.07, 6.45) is -0.397. The van der Waals surface area contributed by atoms with Crippen molar-refractivity contribution in [3.05, 3.63) is 34.9 Å². The van der Waals surface area contributed by atoms with Crippen LogP contribution < -0.4 is 0 Å². The third-order valence-corrected chi connectivity index (χ3v) is 2.22. The molecule has 1 aromatic rings. The number of carbonyl (C=O) groups excluding carboxylic acids is 1. The molecular weight excluding hydrogens is 223 g/mol. The van der Waals surface area contributed by atoms with Gasteiger partial charge >= 0.3 is 5.97 Å². The molecule has 0 amide bonds. The molecule has 1 rings (SSSR count). The molecule has 0 aromatic heterocycles. The van der Waals surface area contributed by atoms with E-state index in [-0.39, 0.29) is 11.8 Å². The van der Waals surface area contributed by atoms with Crippen molar-refractivity contribution in [1.82, 2.24) is 0 Å². The van der Waals surface area contributed by atoms with Crippen LogP contribution in [0.4, 0.5) is 0 Å². The van der Waals surface area contributed by atoms with Gasteiger partial charge in [0, 0.05) is 11.9 Å². The molecule has 0 heterocycles. The van der Waals surface area contributed by atoms with Gasteiger partial charge in [-0.2, -0.15) is 0 Å². The van der Waals surface area contributed by atoms with Crippen molar-refractivity contribution in [2.24, 2.45) is 0 Å². The van der Waals surface area contributed by atoms with Gasteiger partial charge in [0.1, 0.15) is 6.10 Å². The molecule has 2 nitrogen and oxygen atoms in total. The first kappa shape index (κ1) is 11.3. The number of rotatable bonds is 3. The fourth-order valence-electron chi connectivity index (χ4n) is 1.07. The first-order valence-electron chi connectivity index (χ1n) is 4.12. The summed E-state index contributed by atoms with van der Waals surface area (Å²) in [6, 6.07) is 7.05. The molecule has 0 unspecified atom stereocenters. The maximum Gasteiger partial charge on any atom is 0.303 e. The SMILES string of the molecule is CC(=O)O[C@H](CCl)c1ccc(Cl)cc1. The topological polar surface area (TPSA) is 26.3 Å². The first-order valence-corrected chi connectivity index (χ1v) is 5.03. The van der Waals surface area contributed by atoms with E-state index in [1.54, 1.807) is 24.3 Å². The van der Waals surface area contributed by atoms with Crippen molar-refractivity contribution in [2.45, 2.75) is 13.0 Å². The van der Waals surface area contributed by atoms with E-state index in [2.05, 4.69) is 0 Å². The molecule has 0 aliphatic heterocycles. The van der Waals surface area contributed by atoms with Crippen LogP contribution in [0.5, 0.6) is 0 Å². The van der Waals surface area contributed by atoms with Crippen molar-refractivity contribution in [2.75, 3.05) is 5.88 Å². The highest BCUT2D eigenvalue weighted by Gasteiger charge is 2.12. The number of carbonyl (C=O) groups is 1. The van der Waals surface area contributed by atoms with Gasteiger partial charge in [0.25, 0.3) is 0 Å². The highest BCUT2D eigenvalue weighted by Crippen LogP contribution is 2.21. The zero-order valence-electron chi connectivity index (χ0n) is 7.67. The second kappa shape index (κ2) is 5.23. The molecular formula is C10H10Cl2O2. The minimum Gasteiger partial charge on any atom is -0.456 e. The Hall–Kier alpha value is -0.730. The fourth-order valence-corrected chi connectivity index (χ4v) is 1.43. The second-order valence-corrected chi connectivity index (χ2v) is 3.55. The van der Waals surface area contributed by atoms with E-state index in [0.717, 1.165) is 5.56 Å². The number of alkyl halides is 1. The molecule has 0 saturated carbocycles. The van der Waals surface area contributed by atoms with Gasteiger partial charge in [-0.3, -0.25) is 4.79 Å². The summed E-state index contributed by atoms with van der Waals surface area (Å²) >= 11 is 11.4. The van der Waals surface area contributed by atoms with E-state index in [4.69, 9.17) is 27.9 Å². The van der Waals surface area contributed by atoms with E-state index >= 15 is 0 Å². The van der Waals surface area contributed by atoms with Gasteiger partial charge in [-0.15, -0.1) is 11.6 Å². The van der Waals surface area contributed by atoms with Gasteiger partial charge in [-0.25, -0.2) is 0 Å². The molecule has 0 saturated heterocycles. The monoisotopic (exact) mass is 232 g/mol. The zero-order chi connectivity index (χ0) is 10.6. The lowest BCUT2D eigenvalue weighted by Gasteiger charge is -2.14. The molecule has 76 valence electrons. The summed E-state index contributed by atoms with van der Waals surface area (Å²) in [4.78, 5) is 10.7. The Kier molecular flexibility index (Phi) is 4.23. The average molecular weight is 233 g/mol. The molecule has 1 atom stereocenters. The van der Waals surface area contributed by atoms with E-state index in [1.165, 1.54) is 6.92 Å². The Morgan fingerprint density at radius 1 is 1.43 bits per heavy atom. The quantitative estimate of drug-likeness (QED) is 0.592. The second-order valence-electron chi connectivity index (χ2n) is 2.80. The van der Waals surface area contributed by atoms with E-state index < -0.39 is 6.10 Å². The highest BCUT2D eigenvalue weighted by atomic mass is 35.5. The normalized spacial score (nSPS) is 12.2. The van der Waals surface area contributed by atoms with Crippen LogP contribution in [0.1, 0.15) is 18.6 Å². The summed E-state index contributed by atoms with van der Waals surface area (Å²) < 4.78 is 5.01. The molecule has 0 bridgehead atoms. The van der Waals surface area contributed by atoms with Crippen molar-refractivity contribution in [3.63, 3.8) is 0 Å². The lowest BCUT2D eigenvalue weighted by molar-refractivity contribution is -0.145. The highest BCUT2D eigenvalue weighted by molar-refractivity contribution is 6.30. The smallest absolute Gasteiger partial charge is 0.303 e. The third-order valence-electron chi connectivity index (χ3n) is 1.69. The summed E-state index contributed by atoms with van der Waals surface area (Å²) in [5, 5.41) is 0.643. The van der Waals surface area contributed by atoms with Gasteiger partial charge in [-0.05, 0) is 17.7 Å². The lowest BCUT2D eigenvalue weighted by atomic mass is 10.1. The van der Waals surface area contributed by atoms with Crippen molar-refractivity contribution in [1.29, 1.82) is 0 Å². The molecule has 0 fully saturated rings. The Bertz CT molecular complexity index is 308. The van der Waals surface area contributed by atoms with Crippen molar-refractivity contribution < 1.29 is 9.53 Å². The van der Waals surface area contributed by atoms with Crippen LogP contribution in [0.15, 0.2) is 24.3 Å².